The molecule has 1 aliphatic rings. The highest BCUT2D eigenvalue weighted by molar-refractivity contribution is 5.46. The number of hydrogen-bond acceptors (Lipinski definition) is 4. The van der Waals surface area contributed by atoms with Crippen molar-refractivity contribution in [3.05, 3.63) is 34.1 Å². The summed E-state index contributed by atoms with van der Waals surface area (Å²) in [6, 6.07) is 3.26. The van der Waals surface area contributed by atoms with Crippen LogP contribution in [-0.4, -0.2) is 17.1 Å². The Bertz CT molecular complexity index is 459. The van der Waals surface area contributed by atoms with Crippen molar-refractivity contribution >= 4 is 5.69 Å². The maximum absolute atomic E-state index is 12.9. The fourth-order valence-corrected chi connectivity index (χ4v) is 2.20. The van der Waals surface area contributed by atoms with Crippen LogP contribution in [0, 0.1) is 15.9 Å². The van der Waals surface area contributed by atoms with E-state index >= 15 is 0 Å². The summed E-state index contributed by atoms with van der Waals surface area (Å²) < 4.78 is 18.3. The molecule has 1 fully saturated rings. The molecule has 0 aliphatic heterocycles. The fraction of sp³-hybridized carbons (Fsp3) is 0.500. The van der Waals surface area contributed by atoms with Crippen LogP contribution >= 0.6 is 0 Å². The second kappa shape index (κ2) is 4.89. The number of rotatable bonds is 4. The first-order valence-corrected chi connectivity index (χ1v) is 5.86. The van der Waals surface area contributed by atoms with Crippen LogP contribution in [0.4, 0.5) is 10.1 Å². The summed E-state index contributed by atoms with van der Waals surface area (Å²) in [5, 5.41) is 10.8. The number of halogens is 1. The molecule has 0 saturated heterocycles. The minimum Gasteiger partial charge on any atom is -0.485 e. The molecule has 18 heavy (non-hydrogen) atoms. The van der Waals surface area contributed by atoms with E-state index in [-0.39, 0.29) is 18.0 Å². The van der Waals surface area contributed by atoms with Gasteiger partial charge in [-0.2, -0.15) is 0 Å². The molecule has 0 spiro atoms. The molecule has 0 atom stereocenters. The van der Waals surface area contributed by atoms with Crippen molar-refractivity contribution in [3.8, 4) is 5.75 Å². The molecule has 2 rings (SSSR count). The van der Waals surface area contributed by atoms with Gasteiger partial charge in [0.1, 0.15) is 12.4 Å². The lowest BCUT2D eigenvalue weighted by molar-refractivity contribution is -0.386. The first-order chi connectivity index (χ1) is 8.50. The van der Waals surface area contributed by atoms with Gasteiger partial charge in [-0.05, 0) is 25.0 Å². The smallest absolute Gasteiger partial charge is 0.313 e. The van der Waals surface area contributed by atoms with Crippen molar-refractivity contribution in [2.24, 2.45) is 5.73 Å². The normalized spacial score (nSPS) is 17.7. The standard InChI is InChI=1S/C12H15FN2O3/c13-9-3-4-11(10(7-9)15(16)17)18-8-12(14)5-1-2-6-12/h3-4,7H,1-2,5-6,8,14H2. The highest BCUT2D eigenvalue weighted by Crippen LogP contribution is 2.31. The highest BCUT2D eigenvalue weighted by Gasteiger charge is 2.31. The number of nitrogens with two attached hydrogens (primary N) is 1. The summed E-state index contributed by atoms with van der Waals surface area (Å²) in [6.45, 7) is 0.222. The lowest BCUT2D eigenvalue weighted by Gasteiger charge is -2.23. The van der Waals surface area contributed by atoms with E-state index in [0.29, 0.717) is 0 Å². The number of benzene rings is 1. The molecule has 0 heterocycles. The molecule has 1 aromatic rings. The summed E-state index contributed by atoms with van der Waals surface area (Å²) in [6.07, 6.45) is 3.79. The predicted octanol–water partition coefficient (Wildman–Crippen LogP) is 2.38. The Morgan fingerprint density at radius 1 is 1.44 bits per heavy atom. The largest absolute Gasteiger partial charge is 0.485 e. The molecule has 5 nitrogen and oxygen atoms in total. The van der Waals surface area contributed by atoms with Gasteiger partial charge < -0.3 is 10.5 Å². The second-order valence-corrected chi connectivity index (χ2v) is 4.73. The van der Waals surface area contributed by atoms with Crippen molar-refractivity contribution < 1.29 is 14.1 Å². The van der Waals surface area contributed by atoms with E-state index in [1.54, 1.807) is 0 Å². The van der Waals surface area contributed by atoms with Gasteiger partial charge in [-0.25, -0.2) is 4.39 Å². The van der Waals surface area contributed by atoms with E-state index in [2.05, 4.69) is 0 Å². The predicted molar refractivity (Wildman–Crippen MR) is 63.9 cm³/mol. The molecule has 0 aromatic heterocycles. The first kappa shape index (κ1) is 12.8. The van der Waals surface area contributed by atoms with Gasteiger partial charge in [0.15, 0.2) is 5.75 Å². The van der Waals surface area contributed by atoms with Crippen LogP contribution in [0.3, 0.4) is 0 Å². The number of ether oxygens (including phenoxy) is 1. The van der Waals surface area contributed by atoms with Crippen LogP contribution in [0.15, 0.2) is 18.2 Å². The lowest BCUT2D eigenvalue weighted by atomic mass is 10.0. The number of nitro benzene ring substituents is 1. The van der Waals surface area contributed by atoms with Crippen molar-refractivity contribution in [1.82, 2.24) is 0 Å². The van der Waals surface area contributed by atoms with Gasteiger partial charge in [0.05, 0.1) is 16.5 Å². The minimum absolute atomic E-state index is 0.0677. The molecule has 0 amide bonds. The van der Waals surface area contributed by atoms with Gasteiger partial charge in [0.25, 0.3) is 0 Å². The first-order valence-electron chi connectivity index (χ1n) is 5.86. The van der Waals surface area contributed by atoms with E-state index in [9.17, 15) is 14.5 Å². The zero-order chi connectivity index (χ0) is 13.2. The summed E-state index contributed by atoms with van der Waals surface area (Å²) in [7, 11) is 0. The SMILES string of the molecule is NC1(COc2ccc(F)cc2[N+](=O)[O-])CCCC1. The quantitative estimate of drug-likeness (QED) is 0.661. The maximum Gasteiger partial charge on any atom is 0.313 e. The van der Waals surface area contributed by atoms with Crippen LogP contribution in [0.5, 0.6) is 5.75 Å². The second-order valence-electron chi connectivity index (χ2n) is 4.73. The van der Waals surface area contributed by atoms with E-state index in [0.717, 1.165) is 37.8 Å². The molecule has 0 bridgehead atoms. The fourth-order valence-electron chi connectivity index (χ4n) is 2.20. The van der Waals surface area contributed by atoms with E-state index in [4.69, 9.17) is 10.5 Å². The van der Waals surface area contributed by atoms with Crippen LogP contribution in [0.1, 0.15) is 25.7 Å². The molecular weight excluding hydrogens is 239 g/mol. The average molecular weight is 254 g/mol. The average Bonchev–Trinajstić information content (AvgIpc) is 2.75. The van der Waals surface area contributed by atoms with Crippen molar-refractivity contribution in [2.45, 2.75) is 31.2 Å². The Balaban J connectivity index is 2.11. The Hall–Kier alpha value is -1.69. The van der Waals surface area contributed by atoms with Crippen LogP contribution < -0.4 is 10.5 Å². The summed E-state index contributed by atoms with van der Waals surface area (Å²) in [5.41, 5.74) is 5.32. The topological polar surface area (TPSA) is 78.4 Å². The van der Waals surface area contributed by atoms with Crippen LogP contribution in [0.25, 0.3) is 0 Å². The van der Waals surface area contributed by atoms with E-state index in [1.807, 2.05) is 0 Å². The molecule has 0 unspecified atom stereocenters. The molecule has 6 heteroatoms. The molecule has 98 valence electrons. The van der Waals surface area contributed by atoms with Gasteiger partial charge >= 0.3 is 5.69 Å². The van der Waals surface area contributed by atoms with E-state index in [1.165, 1.54) is 6.07 Å². The highest BCUT2D eigenvalue weighted by atomic mass is 19.1. The van der Waals surface area contributed by atoms with Gasteiger partial charge in [0, 0.05) is 0 Å². The Morgan fingerprint density at radius 3 is 2.72 bits per heavy atom. The molecule has 0 radical (unpaired) electrons. The van der Waals surface area contributed by atoms with Gasteiger partial charge in [-0.15, -0.1) is 0 Å². The molecule has 1 aliphatic carbocycles. The summed E-state index contributed by atoms with van der Waals surface area (Å²) >= 11 is 0. The number of hydrogen-bond donors (Lipinski definition) is 1. The number of nitrogens with zero attached hydrogens (tertiary/aromatic N) is 1. The van der Waals surface area contributed by atoms with Crippen molar-refractivity contribution in [1.29, 1.82) is 0 Å². The molecule has 1 aromatic carbocycles. The summed E-state index contributed by atoms with van der Waals surface area (Å²) in [5.74, 6) is -0.587. The number of nitro groups is 1. The van der Waals surface area contributed by atoms with Crippen LogP contribution in [-0.2, 0) is 0 Å². The third-order valence-electron chi connectivity index (χ3n) is 3.23. The van der Waals surface area contributed by atoms with E-state index < -0.39 is 16.3 Å². The monoisotopic (exact) mass is 254 g/mol. The van der Waals surface area contributed by atoms with Gasteiger partial charge in [0.2, 0.25) is 0 Å². The van der Waals surface area contributed by atoms with Crippen LogP contribution in [0.2, 0.25) is 0 Å². The molecule has 2 N–H and O–H groups in total. The van der Waals surface area contributed by atoms with Gasteiger partial charge in [-0.1, -0.05) is 12.8 Å². The zero-order valence-corrected chi connectivity index (χ0v) is 9.89. The van der Waals surface area contributed by atoms with Crippen molar-refractivity contribution in [3.63, 3.8) is 0 Å². The third kappa shape index (κ3) is 2.76. The molecule has 1 saturated carbocycles. The third-order valence-corrected chi connectivity index (χ3v) is 3.23. The maximum atomic E-state index is 12.9. The Kier molecular flexibility index (Phi) is 3.47. The minimum atomic E-state index is -0.656. The zero-order valence-electron chi connectivity index (χ0n) is 9.89. The van der Waals surface area contributed by atoms with Crippen molar-refractivity contribution in [2.75, 3.05) is 6.61 Å². The van der Waals surface area contributed by atoms with Gasteiger partial charge in [-0.3, -0.25) is 10.1 Å². The lowest BCUT2D eigenvalue weighted by Crippen LogP contribution is -2.42. The Labute approximate surface area is 104 Å². The summed E-state index contributed by atoms with van der Waals surface area (Å²) in [4.78, 5) is 10.1. The Morgan fingerprint density at radius 2 is 2.11 bits per heavy atom. The molecular formula is C12H15FN2O3.